The van der Waals surface area contributed by atoms with Crippen LogP contribution in [0.3, 0.4) is 0 Å². The van der Waals surface area contributed by atoms with Gasteiger partial charge in [-0.3, -0.25) is 4.79 Å². The Bertz CT molecular complexity index is 909. The van der Waals surface area contributed by atoms with Crippen LogP contribution in [0.25, 0.3) is 0 Å². The van der Waals surface area contributed by atoms with E-state index in [0.29, 0.717) is 11.3 Å². The summed E-state index contributed by atoms with van der Waals surface area (Å²) < 4.78 is 40.7. The number of rotatable bonds is 5. The van der Waals surface area contributed by atoms with Crippen LogP contribution >= 0.6 is 11.6 Å². The quantitative estimate of drug-likeness (QED) is 0.842. The zero-order valence-corrected chi connectivity index (χ0v) is 15.3. The number of hydrogen-bond donors (Lipinski definition) is 1. The smallest absolute Gasteiger partial charge is 0.282 e. The summed E-state index contributed by atoms with van der Waals surface area (Å²) in [6.07, 6.45) is 0. The normalized spacial score (nSPS) is 17.3. The van der Waals surface area contributed by atoms with Gasteiger partial charge in [-0.2, -0.15) is 17.0 Å². The Morgan fingerprint density at radius 2 is 1.81 bits per heavy atom. The van der Waals surface area contributed by atoms with E-state index in [2.05, 4.69) is 5.32 Å². The molecule has 2 aromatic rings. The third kappa shape index (κ3) is 4.21. The lowest BCUT2D eigenvalue weighted by Gasteiger charge is -2.19. The number of carbonyl (C=O) groups excluding carboxylic acids is 1. The predicted octanol–water partition coefficient (Wildman–Crippen LogP) is 2.48. The summed E-state index contributed by atoms with van der Waals surface area (Å²) in [4.78, 5) is 12.1. The van der Waals surface area contributed by atoms with Crippen molar-refractivity contribution in [3.63, 3.8) is 0 Å². The maximum atomic E-state index is 13.1. The first kappa shape index (κ1) is 18.8. The molecule has 138 valence electrons. The van der Waals surface area contributed by atoms with Crippen molar-refractivity contribution in [3.05, 3.63) is 64.9 Å². The second-order valence-corrected chi connectivity index (χ2v) is 8.16. The van der Waals surface area contributed by atoms with E-state index in [0.717, 1.165) is 10.4 Å². The average molecular weight is 398 g/mol. The van der Waals surface area contributed by atoms with Crippen molar-refractivity contribution in [2.75, 3.05) is 25.0 Å². The van der Waals surface area contributed by atoms with Crippen LogP contribution in [0, 0.1) is 5.82 Å². The van der Waals surface area contributed by atoms with Crippen LogP contribution in [-0.2, 0) is 21.5 Å². The summed E-state index contributed by atoms with van der Waals surface area (Å²) in [6, 6.07) is 12.6. The minimum absolute atomic E-state index is 0.0260. The Balaban J connectivity index is 1.65. The highest BCUT2D eigenvalue weighted by molar-refractivity contribution is 7.87. The molecular formula is C17H17ClFN3O3S. The molecule has 0 radical (unpaired) electrons. The van der Waals surface area contributed by atoms with Crippen LogP contribution in [0.15, 0.2) is 48.5 Å². The molecule has 6 nitrogen and oxygen atoms in total. The van der Waals surface area contributed by atoms with Crippen molar-refractivity contribution in [3.8, 4) is 0 Å². The van der Waals surface area contributed by atoms with Crippen molar-refractivity contribution in [1.29, 1.82) is 0 Å². The highest BCUT2D eigenvalue weighted by Gasteiger charge is 2.37. The largest absolute Gasteiger partial charge is 0.325 e. The molecule has 1 fully saturated rings. The van der Waals surface area contributed by atoms with E-state index in [1.807, 2.05) is 6.07 Å². The van der Waals surface area contributed by atoms with Crippen LogP contribution < -0.4 is 5.32 Å². The zero-order chi connectivity index (χ0) is 18.7. The summed E-state index contributed by atoms with van der Waals surface area (Å²) in [7, 11) is -3.79. The summed E-state index contributed by atoms with van der Waals surface area (Å²) in [5, 5.41) is 2.83. The minimum atomic E-state index is -3.79. The van der Waals surface area contributed by atoms with E-state index in [-0.39, 0.29) is 31.2 Å². The molecule has 0 saturated carbocycles. The van der Waals surface area contributed by atoms with Crippen molar-refractivity contribution in [1.82, 2.24) is 8.61 Å². The molecule has 1 saturated heterocycles. The Labute approximate surface area is 156 Å². The van der Waals surface area contributed by atoms with E-state index in [4.69, 9.17) is 11.6 Å². The molecule has 1 N–H and O–H groups in total. The number of anilines is 1. The summed E-state index contributed by atoms with van der Waals surface area (Å²) in [5.74, 6) is -0.899. The molecule has 26 heavy (non-hydrogen) atoms. The van der Waals surface area contributed by atoms with Crippen LogP contribution in [0.5, 0.6) is 0 Å². The third-order valence-corrected chi connectivity index (χ3v) is 6.27. The average Bonchev–Trinajstić information content (AvgIpc) is 2.85. The van der Waals surface area contributed by atoms with Crippen molar-refractivity contribution >= 4 is 33.4 Å². The second kappa shape index (κ2) is 7.71. The van der Waals surface area contributed by atoms with Gasteiger partial charge in [0.25, 0.3) is 10.2 Å². The molecule has 1 aliphatic heterocycles. The number of halogens is 2. The highest BCUT2D eigenvalue weighted by atomic mass is 35.5. The first-order valence-corrected chi connectivity index (χ1v) is 9.68. The number of carbonyl (C=O) groups is 1. The molecule has 2 aromatic carbocycles. The fourth-order valence-corrected chi connectivity index (χ4v) is 4.42. The molecule has 0 atom stereocenters. The van der Waals surface area contributed by atoms with Gasteiger partial charge in [-0.1, -0.05) is 35.9 Å². The zero-order valence-electron chi connectivity index (χ0n) is 13.7. The van der Waals surface area contributed by atoms with Crippen molar-refractivity contribution in [2.24, 2.45) is 0 Å². The number of hydrogen-bond acceptors (Lipinski definition) is 3. The standard InChI is InChI=1S/C17H17ClFN3O3S/c18-16-10-14(19)7-6-13(16)11-21-8-9-22(26(21,24)25)12-17(23)20-15-4-2-1-3-5-15/h1-7,10H,8-9,11-12H2,(H,20,23). The SMILES string of the molecule is O=C(CN1CCN(Cc2ccc(F)cc2Cl)S1(=O)=O)Nc1ccccc1. The molecule has 1 heterocycles. The fourth-order valence-electron chi connectivity index (χ4n) is 2.66. The number of nitrogens with one attached hydrogen (secondary N) is 1. The van der Waals surface area contributed by atoms with Gasteiger partial charge in [-0.25, -0.2) is 4.39 Å². The number of amides is 1. The summed E-state index contributed by atoms with van der Waals surface area (Å²) in [5.41, 5.74) is 1.11. The van der Waals surface area contributed by atoms with Crippen LogP contribution in [0.1, 0.15) is 5.56 Å². The van der Waals surface area contributed by atoms with Gasteiger partial charge in [0.15, 0.2) is 0 Å². The van der Waals surface area contributed by atoms with Crippen LogP contribution in [-0.4, -0.2) is 42.6 Å². The molecule has 1 aliphatic rings. The molecule has 1 amide bonds. The van der Waals surface area contributed by atoms with Gasteiger partial charge in [0.2, 0.25) is 5.91 Å². The molecule has 0 aliphatic carbocycles. The maximum Gasteiger partial charge on any atom is 0.282 e. The van der Waals surface area contributed by atoms with E-state index >= 15 is 0 Å². The van der Waals surface area contributed by atoms with Gasteiger partial charge in [0.05, 0.1) is 6.54 Å². The fraction of sp³-hybridized carbons (Fsp3) is 0.235. The van der Waals surface area contributed by atoms with Crippen molar-refractivity contribution < 1.29 is 17.6 Å². The molecule has 0 spiro atoms. The molecule has 9 heteroatoms. The van der Waals surface area contributed by atoms with E-state index < -0.39 is 21.9 Å². The topological polar surface area (TPSA) is 69.7 Å². The maximum absolute atomic E-state index is 13.1. The van der Waals surface area contributed by atoms with Gasteiger partial charge >= 0.3 is 0 Å². The van der Waals surface area contributed by atoms with Gasteiger partial charge < -0.3 is 5.32 Å². The van der Waals surface area contributed by atoms with Gasteiger partial charge in [0, 0.05) is 30.3 Å². The van der Waals surface area contributed by atoms with Crippen molar-refractivity contribution in [2.45, 2.75) is 6.54 Å². The summed E-state index contributed by atoms with van der Waals surface area (Å²) >= 11 is 5.97. The number of benzene rings is 2. The van der Waals surface area contributed by atoms with E-state index in [9.17, 15) is 17.6 Å². The van der Waals surface area contributed by atoms with Gasteiger partial charge in [0.1, 0.15) is 5.82 Å². The van der Waals surface area contributed by atoms with Gasteiger partial charge in [-0.15, -0.1) is 0 Å². The Morgan fingerprint density at radius 1 is 1.12 bits per heavy atom. The highest BCUT2D eigenvalue weighted by Crippen LogP contribution is 2.24. The predicted molar refractivity (Wildman–Crippen MR) is 97.4 cm³/mol. The Morgan fingerprint density at radius 3 is 2.50 bits per heavy atom. The summed E-state index contributed by atoms with van der Waals surface area (Å²) in [6.45, 7) is 0.182. The monoisotopic (exact) mass is 397 g/mol. The minimum Gasteiger partial charge on any atom is -0.325 e. The molecule has 0 unspecified atom stereocenters. The van der Waals surface area contributed by atoms with E-state index in [1.165, 1.54) is 16.4 Å². The Kier molecular flexibility index (Phi) is 5.57. The molecule has 3 rings (SSSR count). The molecular weight excluding hydrogens is 381 g/mol. The number of para-hydroxylation sites is 1. The Hall–Kier alpha value is -2.00. The second-order valence-electron chi connectivity index (χ2n) is 5.82. The van der Waals surface area contributed by atoms with Crippen LogP contribution in [0.2, 0.25) is 5.02 Å². The lowest BCUT2D eigenvalue weighted by Crippen LogP contribution is -2.37. The first-order chi connectivity index (χ1) is 12.4. The van der Waals surface area contributed by atoms with Gasteiger partial charge in [-0.05, 0) is 29.8 Å². The number of nitrogens with zero attached hydrogens (tertiary/aromatic N) is 2. The molecule has 0 bridgehead atoms. The molecule has 0 aromatic heterocycles. The first-order valence-electron chi connectivity index (χ1n) is 7.90. The lowest BCUT2D eigenvalue weighted by molar-refractivity contribution is -0.116. The lowest BCUT2D eigenvalue weighted by atomic mass is 10.2. The third-order valence-electron chi connectivity index (χ3n) is 3.99. The van der Waals surface area contributed by atoms with Crippen LogP contribution in [0.4, 0.5) is 10.1 Å². The van der Waals surface area contributed by atoms with E-state index in [1.54, 1.807) is 24.3 Å².